The summed E-state index contributed by atoms with van der Waals surface area (Å²) in [7, 11) is 0. The monoisotopic (exact) mass is 322 g/mol. The fourth-order valence-electron chi connectivity index (χ4n) is 1.18. The van der Waals surface area contributed by atoms with Gasteiger partial charge in [0.15, 0.2) is 0 Å². The molecule has 0 rings (SSSR count). The predicted molar refractivity (Wildman–Crippen MR) is 82.5 cm³/mol. The summed E-state index contributed by atoms with van der Waals surface area (Å²) < 4.78 is 10.1. The second-order valence-electron chi connectivity index (χ2n) is 5.17. The molecule has 0 aromatic heterocycles. The van der Waals surface area contributed by atoms with Gasteiger partial charge >= 0.3 is 6.09 Å². The molecule has 0 aliphatic rings. The molecule has 0 fully saturated rings. The Hall–Kier alpha value is -0.990. The van der Waals surface area contributed by atoms with Gasteiger partial charge < -0.3 is 25.2 Å². The summed E-state index contributed by atoms with van der Waals surface area (Å²) in [4.78, 5) is 22.7. The number of rotatable bonds is 10. The zero-order valence-corrected chi connectivity index (χ0v) is 13.8. The molecule has 7 nitrogen and oxygen atoms in total. The second-order valence-corrected chi connectivity index (χ2v) is 6.27. The van der Waals surface area contributed by atoms with Gasteiger partial charge in [-0.3, -0.25) is 4.79 Å². The van der Waals surface area contributed by atoms with Crippen molar-refractivity contribution in [2.45, 2.75) is 26.4 Å². The second kappa shape index (κ2) is 11.6. The van der Waals surface area contributed by atoms with Gasteiger partial charge in [-0.25, -0.2) is 4.79 Å². The van der Waals surface area contributed by atoms with Crippen molar-refractivity contribution < 1.29 is 24.2 Å². The van der Waals surface area contributed by atoms with Crippen molar-refractivity contribution in [2.24, 2.45) is 0 Å². The summed E-state index contributed by atoms with van der Waals surface area (Å²) in [5.74, 6) is 0.883. The van der Waals surface area contributed by atoms with Crippen molar-refractivity contribution in [2.75, 3.05) is 44.4 Å². The maximum absolute atomic E-state index is 11.4. The van der Waals surface area contributed by atoms with Crippen LogP contribution < -0.4 is 10.6 Å². The summed E-state index contributed by atoms with van der Waals surface area (Å²) in [6.07, 6.45) is -0.450. The third-order valence-electron chi connectivity index (χ3n) is 1.95. The van der Waals surface area contributed by atoms with Crippen LogP contribution in [0.5, 0.6) is 0 Å². The predicted octanol–water partition coefficient (Wildman–Crippen LogP) is 0.369. The Morgan fingerprint density at radius 3 is 2.48 bits per heavy atom. The van der Waals surface area contributed by atoms with Crippen LogP contribution in [0.3, 0.4) is 0 Å². The molecule has 2 amide bonds. The highest BCUT2D eigenvalue weighted by Gasteiger charge is 2.15. The number of hydrogen-bond donors (Lipinski definition) is 3. The highest BCUT2D eigenvalue weighted by atomic mass is 32.2. The van der Waals surface area contributed by atoms with Gasteiger partial charge in [-0.1, -0.05) is 0 Å². The van der Waals surface area contributed by atoms with E-state index in [1.54, 1.807) is 20.8 Å². The minimum absolute atomic E-state index is 0.0194. The molecule has 0 aromatic carbocycles. The minimum atomic E-state index is -0.505. The van der Waals surface area contributed by atoms with E-state index in [-0.39, 0.29) is 19.1 Å². The largest absolute Gasteiger partial charge is 0.444 e. The van der Waals surface area contributed by atoms with E-state index in [2.05, 4.69) is 10.6 Å². The molecule has 0 saturated carbocycles. The Morgan fingerprint density at radius 2 is 1.86 bits per heavy atom. The minimum Gasteiger partial charge on any atom is -0.444 e. The molecule has 0 aromatic rings. The van der Waals surface area contributed by atoms with Crippen molar-refractivity contribution in [3.8, 4) is 0 Å². The lowest BCUT2D eigenvalue weighted by atomic mass is 10.2. The number of ether oxygens (including phenoxy) is 2. The zero-order chi connectivity index (χ0) is 16.1. The summed E-state index contributed by atoms with van der Waals surface area (Å²) in [6, 6.07) is 0. The van der Waals surface area contributed by atoms with Crippen molar-refractivity contribution >= 4 is 23.8 Å². The van der Waals surface area contributed by atoms with Crippen LogP contribution >= 0.6 is 11.8 Å². The number of carbonyl (C=O) groups is 2. The molecule has 0 aliphatic carbocycles. The number of hydrogen-bond acceptors (Lipinski definition) is 6. The number of nitrogens with one attached hydrogen (secondary N) is 2. The fraction of sp³-hybridized carbons (Fsp3) is 0.846. The molecule has 8 heteroatoms. The number of aliphatic hydroxyl groups excluding tert-OH is 1. The molecule has 0 aliphatic heterocycles. The summed E-state index contributed by atoms with van der Waals surface area (Å²) in [6.45, 7) is 6.93. The van der Waals surface area contributed by atoms with Crippen molar-refractivity contribution in [1.82, 2.24) is 10.6 Å². The Kier molecular flexibility index (Phi) is 11.1. The van der Waals surface area contributed by atoms with Crippen molar-refractivity contribution in [3.63, 3.8) is 0 Å². The van der Waals surface area contributed by atoms with Gasteiger partial charge in [0.05, 0.1) is 25.6 Å². The summed E-state index contributed by atoms with van der Waals surface area (Å²) in [5, 5.41) is 13.8. The van der Waals surface area contributed by atoms with Crippen LogP contribution in [0.2, 0.25) is 0 Å². The Balaban J connectivity index is 3.42. The van der Waals surface area contributed by atoms with Gasteiger partial charge in [-0.2, -0.15) is 11.8 Å². The molecule has 21 heavy (non-hydrogen) atoms. The third kappa shape index (κ3) is 15.2. The van der Waals surface area contributed by atoms with Crippen LogP contribution in [0, 0.1) is 0 Å². The topological polar surface area (TPSA) is 96.9 Å². The van der Waals surface area contributed by atoms with Crippen LogP contribution in [0.25, 0.3) is 0 Å². The van der Waals surface area contributed by atoms with Crippen molar-refractivity contribution in [1.29, 1.82) is 0 Å². The first kappa shape index (κ1) is 20.0. The zero-order valence-electron chi connectivity index (χ0n) is 12.9. The molecule has 0 unspecified atom stereocenters. The van der Waals surface area contributed by atoms with Crippen LogP contribution in [0.4, 0.5) is 4.79 Å². The number of thioether (sulfide) groups is 1. The first-order valence-electron chi connectivity index (χ1n) is 6.85. The molecular weight excluding hydrogens is 296 g/mol. The van der Waals surface area contributed by atoms with E-state index in [9.17, 15) is 9.59 Å². The van der Waals surface area contributed by atoms with Gasteiger partial charge in [-0.05, 0) is 20.8 Å². The van der Waals surface area contributed by atoms with Gasteiger partial charge in [0.2, 0.25) is 5.91 Å². The lowest BCUT2D eigenvalue weighted by Gasteiger charge is -2.19. The first-order valence-corrected chi connectivity index (χ1v) is 8.00. The molecule has 0 heterocycles. The lowest BCUT2D eigenvalue weighted by molar-refractivity contribution is -0.118. The van der Waals surface area contributed by atoms with Crippen LogP contribution in [0.1, 0.15) is 20.8 Å². The molecular formula is C13H26N2O5S. The average molecular weight is 322 g/mol. The maximum Gasteiger partial charge on any atom is 0.407 e. The highest BCUT2D eigenvalue weighted by molar-refractivity contribution is 7.99. The summed E-state index contributed by atoms with van der Waals surface area (Å²) >= 11 is 1.43. The number of carbonyl (C=O) groups excluding carboxylic acids is 2. The molecule has 0 bridgehead atoms. The molecule has 0 saturated heterocycles. The molecule has 0 radical (unpaired) electrons. The Labute approximate surface area is 130 Å². The molecule has 3 N–H and O–H groups in total. The average Bonchev–Trinajstić information content (AvgIpc) is 2.36. The van der Waals surface area contributed by atoms with E-state index >= 15 is 0 Å². The van der Waals surface area contributed by atoms with Crippen LogP contribution in [-0.2, 0) is 14.3 Å². The van der Waals surface area contributed by atoms with Crippen LogP contribution in [-0.4, -0.2) is 67.1 Å². The van der Waals surface area contributed by atoms with E-state index in [4.69, 9.17) is 14.6 Å². The maximum atomic E-state index is 11.4. The summed E-state index contributed by atoms with van der Waals surface area (Å²) in [5.41, 5.74) is -0.505. The van der Waals surface area contributed by atoms with Crippen LogP contribution in [0.15, 0.2) is 0 Å². The van der Waals surface area contributed by atoms with E-state index in [0.29, 0.717) is 31.2 Å². The number of alkyl carbamates (subject to hydrolysis) is 1. The van der Waals surface area contributed by atoms with Gasteiger partial charge in [0.1, 0.15) is 5.60 Å². The van der Waals surface area contributed by atoms with Crippen molar-refractivity contribution in [3.05, 3.63) is 0 Å². The third-order valence-corrected chi connectivity index (χ3v) is 2.91. The quantitative estimate of drug-likeness (QED) is 0.503. The molecule has 0 atom stereocenters. The molecule has 0 spiro atoms. The highest BCUT2D eigenvalue weighted by Crippen LogP contribution is 2.06. The number of amides is 2. The van der Waals surface area contributed by atoms with Gasteiger partial charge in [-0.15, -0.1) is 0 Å². The first-order chi connectivity index (χ1) is 9.85. The van der Waals surface area contributed by atoms with Gasteiger partial charge in [0.25, 0.3) is 0 Å². The molecule has 124 valence electrons. The lowest BCUT2D eigenvalue weighted by Crippen LogP contribution is -2.34. The van der Waals surface area contributed by atoms with E-state index in [1.165, 1.54) is 11.8 Å². The van der Waals surface area contributed by atoms with E-state index in [1.807, 2.05) is 0 Å². The standard InChI is InChI=1S/C13H26N2O5S/c1-13(2,3)20-12(18)15-5-9-21-10-11(17)14-4-7-19-8-6-16/h16H,4-10H2,1-3H3,(H,14,17)(H,15,18). The van der Waals surface area contributed by atoms with Gasteiger partial charge in [0, 0.05) is 18.8 Å². The van der Waals surface area contributed by atoms with E-state index in [0.717, 1.165) is 0 Å². The SMILES string of the molecule is CC(C)(C)OC(=O)NCCSCC(=O)NCCOCCO. The smallest absolute Gasteiger partial charge is 0.407 e. The Morgan fingerprint density at radius 1 is 1.14 bits per heavy atom. The van der Waals surface area contributed by atoms with E-state index < -0.39 is 11.7 Å². The number of aliphatic hydroxyl groups is 1. The normalized spacial score (nSPS) is 11.0. The fourth-order valence-corrected chi connectivity index (χ4v) is 1.86. The Bertz CT molecular complexity index is 307.